The summed E-state index contributed by atoms with van der Waals surface area (Å²) in [4.78, 5) is 13.0. The van der Waals surface area contributed by atoms with E-state index in [-0.39, 0.29) is 29.6 Å². The highest BCUT2D eigenvalue weighted by Crippen LogP contribution is 2.44. The van der Waals surface area contributed by atoms with Gasteiger partial charge in [-0.3, -0.25) is 0 Å². The van der Waals surface area contributed by atoms with Crippen LogP contribution in [0.1, 0.15) is 36.9 Å². The van der Waals surface area contributed by atoms with Crippen molar-refractivity contribution in [2.24, 2.45) is 0 Å². The van der Waals surface area contributed by atoms with Crippen molar-refractivity contribution in [1.29, 1.82) is 5.26 Å². The molecule has 3 aliphatic rings. The zero-order chi connectivity index (χ0) is 25.6. The summed E-state index contributed by atoms with van der Waals surface area (Å²) in [6.07, 6.45) is 5.43. The van der Waals surface area contributed by atoms with Crippen LogP contribution < -0.4 is 10.5 Å². The monoisotopic (exact) mass is 506 g/mol. The molecule has 3 fully saturated rings. The van der Waals surface area contributed by atoms with E-state index in [1.807, 2.05) is 13.0 Å². The van der Waals surface area contributed by atoms with Gasteiger partial charge in [0, 0.05) is 17.3 Å². The fraction of sp³-hybridized carbons (Fsp3) is 0.360. The summed E-state index contributed by atoms with van der Waals surface area (Å²) in [5.41, 5.74) is 7.90. The number of aromatic nitrogens is 3. The second-order valence-electron chi connectivity index (χ2n) is 9.52. The van der Waals surface area contributed by atoms with Gasteiger partial charge >= 0.3 is 0 Å². The number of aryl methyl sites for hydroxylation is 1. The highest BCUT2D eigenvalue weighted by Gasteiger charge is 2.51. The van der Waals surface area contributed by atoms with E-state index < -0.39 is 21.2 Å². The number of anilines is 1. The Morgan fingerprint density at radius 2 is 1.97 bits per heavy atom. The number of nitriles is 1. The largest absolute Gasteiger partial charge is 0.393 e. The lowest BCUT2D eigenvalue weighted by Gasteiger charge is -2.52. The maximum Gasteiger partial charge on any atom is 0.241 e. The third-order valence-electron chi connectivity index (χ3n) is 7.16. The molecule has 10 nitrogen and oxygen atoms in total. The highest BCUT2D eigenvalue weighted by atomic mass is 32.2. The molecular formula is C25H26N6O4S. The second-order valence-corrected chi connectivity index (χ2v) is 11.2. The molecule has 0 spiro atoms. The van der Waals surface area contributed by atoms with Gasteiger partial charge in [-0.15, -0.1) is 0 Å². The van der Waals surface area contributed by atoms with Crippen molar-refractivity contribution < 1.29 is 18.3 Å². The average molecular weight is 507 g/mol. The summed E-state index contributed by atoms with van der Waals surface area (Å²) >= 11 is 0. The molecule has 1 saturated carbocycles. The molecule has 0 radical (unpaired) electrons. The number of nitrogen functional groups attached to an aromatic ring is 1. The third kappa shape index (κ3) is 4.33. The van der Waals surface area contributed by atoms with Crippen molar-refractivity contribution in [3.05, 3.63) is 54.0 Å². The molecular weight excluding hydrogens is 480 g/mol. The number of nitrogens with zero attached hydrogens (tertiary/aromatic N) is 4. The molecule has 4 heterocycles. The summed E-state index contributed by atoms with van der Waals surface area (Å²) < 4.78 is 35.6. The lowest BCUT2D eigenvalue weighted by Crippen LogP contribution is -2.63. The predicted molar refractivity (Wildman–Crippen MR) is 132 cm³/mol. The molecule has 36 heavy (non-hydrogen) atoms. The topological polar surface area (TPSA) is 164 Å². The summed E-state index contributed by atoms with van der Waals surface area (Å²) in [6, 6.07) is 10.1. The van der Waals surface area contributed by atoms with Gasteiger partial charge in [-0.05, 0) is 62.4 Å². The van der Waals surface area contributed by atoms with Crippen molar-refractivity contribution in [3.8, 4) is 28.6 Å². The van der Waals surface area contributed by atoms with Gasteiger partial charge in [0.15, 0.2) is 0 Å². The molecule has 0 atom stereocenters. The van der Waals surface area contributed by atoms with Gasteiger partial charge in [0.2, 0.25) is 10.0 Å². The Balaban J connectivity index is 1.48. The number of sulfonamides is 1. The van der Waals surface area contributed by atoms with Crippen LogP contribution in [0.2, 0.25) is 0 Å². The molecule has 186 valence electrons. The fourth-order valence-electron chi connectivity index (χ4n) is 4.87. The SMILES string of the molecule is Cc1ccc(S(=O)(=O)NC23CCC(CO)(CC2)OC3)cc1-c1cnc(N)c(-c2ccnc(C#N)c2)n1. The predicted octanol–water partition coefficient (Wildman–Crippen LogP) is 2.32. The van der Waals surface area contributed by atoms with Crippen LogP contribution >= 0.6 is 0 Å². The zero-order valence-electron chi connectivity index (χ0n) is 19.7. The number of benzene rings is 1. The standard InChI is InChI=1S/C25H26N6O4S/c1-16-2-3-19(36(33,34)31-24-5-7-25(14-32,8-6-24)35-15-24)11-20(16)21-13-29-23(27)22(30-21)17-4-9-28-18(10-17)12-26/h2-4,9-11,13,31-32H,5-8,14-15H2,1H3,(H2,27,29). The molecule has 2 bridgehead atoms. The maximum atomic E-state index is 13.4. The summed E-state index contributed by atoms with van der Waals surface area (Å²) in [5.74, 6) is 0.185. The quantitative estimate of drug-likeness (QED) is 0.455. The smallest absolute Gasteiger partial charge is 0.241 e. The lowest BCUT2D eigenvalue weighted by molar-refractivity contribution is -0.175. The van der Waals surface area contributed by atoms with E-state index >= 15 is 0 Å². The summed E-state index contributed by atoms with van der Waals surface area (Å²) in [5, 5.41) is 18.8. The van der Waals surface area contributed by atoms with Gasteiger partial charge in [0.05, 0.1) is 41.1 Å². The normalized spacial score (nSPS) is 23.4. The molecule has 2 saturated heterocycles. The number of pyridine rings is 1. The summed E-state index contributed by atoms with van der Waals surface area (Å²) in [7, 11) is -3.87. The van der Waals surface area contributed by atoms with Gasteiger partial charge in [-0.2, -0.15) is 5.26 Å². The van der Waals surface area contributed by atoms with Crippen LogP contribution in [0.25, 0.3) is 22.5 Å². The average Bonchev–Trinajstić information content (AvgIpc) is 2.90. The third-order valence-corrected chi connectivity index (χ3v) is 8.73. The minimum Gasteiger partial charge on any atom is -0.393 e. The molecule has 6 rings (SSSR count). The number of aliphatic hydroxyl groups excluding tert-OH is 1. The first-order valence-electron chi connectivity index (χ1n) is 11.6. The van der Waals surface area contributed by atoms with Crippen LogP contribution in [0, 0.1) is 18.3 Å². The van der Waals surface area contributed by atoms with Gasteiger partial charge < -0.3 is 15.6 Å². The van der Waals surface area contributed by atoms with Crippen molar-refractivity contribution in [2.45, 2.75) is 48.6 Å². The number of hydrogen-bond donors (Lipinski definition) is 3. The fourth-order valence-corrected chi connectivity index (χ4v) is 6.34. The van der Waals surface area contributed by atoms with Crippen LogP contribution in [0.4, 0.5) is 5.82 Å². The van der Waals surface area contributed by atoms with E-state index in [9.17, 15) is 18.8 Å². The van der Waals surface area contributed by atoms with Crippen LogP contribution in [0.5, 0.6) is 0 Å². The zero-order valence-corrected chi connectivity index (χ0v) is 20.5. The van der Waals surface area contributed by atoms with E-state index in [2.05, 4.69) is 19.7 Å². The number of nitrogens with one attached hydrogen (secondary N) is 1. The van der Waals surface area contributed by atoms with Crippen molar-refractivity contribution >= 4 is 15.8 Å². The van der Waals surface area contributed by atoms with Crippen molar-refractivity contribution in [1.82, 2.24) is 19.7 Å². The molecule has 1 aliphatic carbocycles. The van der Waals surface area contributed by atoms with Crippen LogP contribution in [-0.2, 0) is 14.8 Å². The first kappa shape index (κ1) is 24.3. The molecule has 2 aliphatic heterocycles. The Morgan fingerprint density at radius 1 is 1.19 bits per heavy atom. The number of hydrogen-bond acceptors (Lipinski definition) is 9. The maximum absolute atomic E-state index is 13.4. The van der Waals surface area contributed by atoms with E-state index in [0.29, 0.717) is 48.2 Å². The second kappa shape index (κ2) is 8.90. The molecule has 0 unspecified atom stereocenters. The first-order chi connectivity index (χ1) is 17.2. The van der Waals surface area contributed by atoms with Gasteiger partial charge in [0.1, 0.15) is 23.3 Å². The minimum atomic E-state index is -3.87. The Bertz CT molecular complexity index is 1460. The number of ether oxygens (including phenoxy) is 1. The molecule has 3 aromatic rings. The lowest BCUT2D eigenvalue weighted by atomic mass is 9.72. The minimum absolute atomic E-state index is 0.0565. The number of aliphatic hydroxyl groups is 1. The number of nitrogens with two attached hydrogens (primary N) is 1. The van der Waals surface area contributed by atoms with Crippen molar-refractivity contribution in [3.63, 3.8) is 0 Å². The van der Waals surface area contributed by atoms with E-state index in [0.717, 1.165) is 5.56 Å². The molecule has 2 aromatic heterocycles. The number of rotatable bonds is 6. The Kier molecular flexibility index (Phi) is 6.00. The van der Waals surface area contributed by atoms with Crippen LogP contribution in [0.3, 0.4) is 0 Å². The highest BCUT2D eigenvalue weighted by molar-refractivity contribution is 7.89. The van der Waals surface area contributed by atoms with E-state index in [1.54, 1.807) is 30.3 Å². The van der Waals surface area contributed by atoms with Crippen LogP contribution in [0.15, 0.2) is 47.6 Å². The molecule has 1 aromatic carbocycles. The van der Waals surface area contributed by atoms with Crippen LogP contribution in [-0.4, -0.2) is 52.8 Å². The number of fused-ring (bicyclic) bond motifs is 3. The first-order valence-corrected chi connectivity index (χ1v) is 13.1. The van der Waals surface area contributed by atoms with E-state index in [4.69, 9.17) is 10.5 Å². The molecule has 11 heteroatoms. The Hall–Kier alpha value is -3.43. The molecule has 4 N–H and O–H groups in total. The Morgan fingerprint density at radius 3 is 2.64 bits per heavy atom. The van der Waals surface area contributed by atoms with Gasteiger partial charge in [0.25, 0.3) is 0 Å². The molecule has 0 amide bonds. The Labute approximate surface area is 209 Å². The summed E-state index contributed by atoms with van der Waals surface area (Å²) in [6.45, 7) is 2.04. The van der Waals surface area contributed by atoms with E-state index in [1.165, 1.54) is 12.4 Å². The van der Waals surface area contributed by atoms with Gasteiger partial charge in [-0.1, -0.05) is 6.07 Å². The van der Waals surface area contributed by atoms with Gasteiger partial charge in [-0.25, -0.2) is 28.1 Å². The van der Waals surface area contributed by atoms with Crippen molar-refractivity contribution in [2.75, 3.05) is 18.9 Å².